The number of benzene rings is 4. The fourth-order valence-corrected chi connectivity index (χ4v) is 4.01. The van der Waals surface area contributed by atoms with Gasteiger partial charge in [0.25, 0.3) is 0 Å². The summed E-state index contributed by atoms with van der Waals surface area (Å²) >= 11 is 0. The SMILES string of the molecule is N#Cc1ccccc1COC(=O)C=Cc1cn(-c2ccccc2)nc1-c1ccc(-c2ccccc2)cc1. The summed E-state index contributed by atoms with van der Waals surface area (Å²) in [5.74, 6) is -0.495. The average molecular weight is 482 g/mol. The topological polar surface area (TPSA) is 67.9 Å². The summed E-state index contributed by atoms with van der Waals surface area (Å²) < 4.78 is 7.19. The minimum atomic E-state index is -0.495. The Bertz CT molecular complexity index is 1580. The lowest BCUT2D eigenvalue weighted by Crippen LogP contribution is -2.02. The van der Waals surface area contributed by atoms with E-state index in [2.05, 4.69) is 30.3 Å². The molecule has 5 aromatic rings. The molecule has 0 fully saturated rings. The van der Waals surface area contributed by atoms with Crippen molar-refractivity contribution in [1.29, 1.82) is 5.26 Å². The second kappa shape index (κ2) is 11.0. The quantitative estimate of drug-likeness (QED) is 0.189. The van der Waals surface area contributed by atoms with Crippen molar-refractivity contribution in [2.75, 3.05) is 0 Å². The van der Waals surface area contributed by atoms with Crippen LogP contribution in [0, 0.1) is 11.3 Å². The van der Waals surface area contributed by atoms with Gasteiger partial charge in [0.2, 0.25) is 0 Å². The maximum absolute atomic E-state index is 12.5. The number of carbonyl (C=O) groups is 1. The zero-order chi connectivity index (χ0) is 25.5. The third-order valence-corrected chi connectivity index (χ3v) is 5.94. The van der Waals surface area contributed by atoms with Crippen molar-refractivity contribution >= 4 is 12.0 Å². The highest BCUT2D eigenvalue weighted by Crippen LogP contribution is 2.28. The summed E-state index contributed by atoms with van der Waals surface area (Å²) in [6.45, 7) is 0.0317. The summed E-state index contributed by atoms with van der Waals surface area (Å²) in [6, 6.07) is 37.4. The van der Waals surface area contributed by atoms with E-state index in [9.17, 15) is 10.1 Å². The number of hydrogen-bond acceptors (Lipinski definition) is 4. The van der Waals surface area contributed by atoms with Crippen LogP contribution in [0.4, 0.5) is 0 Å². The summed E-state index contributed by atoms with van der Waals surface area (Å²) in [5, 5.41) is 14.1. The van der Waals surface area contributed by atoms with E-state index < -0.39 is 5.97 Å². The Morgan fingerprint density at radius 3 is 2.16 bits per heavy atom. The van der Waals surface area contributed by atoms with Gasteiger partial charge < -0.3 is 4.74 Å². The summed E-state index contributed by atoms with van der Waals surface area (Å²) in [6.07, 6.45) is 5.00. The lowest BCUT2D eigenvalue weighted by atomic mass is 10.0. The van der Waals surface area contributed by atoms with Gasteiger partial charge in [0, 0.05) is 29.0 Å². The van der Waals surface area contributed by atoms with E-state index >= 15 is 0 Å². The maximum atomic E-state index is 12.5. The molecule has 0 aliphatic carbocycles. The van der Waals surface area contributed by atoms with E-state index in [1.807, 2.05) is 72.9 Å². The molecule has 0 atom stereocenters. The maximum Gasteiger partial charge on any atom is 0.331 e. The molecule has 0 amide bonds. The molecule has 1 aromatic heterocycles. The number of aromatic nitrogens is 2. The van der Waals surface area contributed by atoms with Crippen molar-refractivity contribution < 1.29 is 9.53 Å². The van der Waals surface area contributed by atoms with Gasteiger partial charge >= 0.3 is 5.97 Å². The van der Waals surface area contributed by atoms with Gasteiger partial charge in [-0.1, -0.05) is 91.0 Å². The summed E-state index contributed by atoms with van der Waals surface area (Å²) in [7, 11) is 0. The molecule has 0 saturated heterocycles. The van der Waals surface area contributed by atoms with E-state index in [1.54, 1.807) is 29.0 Å². The zero-order valence-corrected chi connectivity index (χ0v) is 20.0. The van der Waals surface area contributed by atoms with Crippen molar-refractivity contribution in [3.8, 4) is 34.1 Å². The highest BCUT2D eigenvalue weighted by atomic mass is 16.5. The molecule has 1 heterocycles. The number of para-hydroxylation sites is 1. The number of hydrogen-bond donors (Lipinski definition) is 0. The van der Waals surface area contributed by atoms with Crippen LogP contribution >= 0.6 is 0 Å². The molecule has 0 spiro atoms. The second-order valence-corrected chi connectivity index (χ2v) is 8.37. The fourth-order valence-electron chi connectivity index (χ4n) is 4.01. The molecule has 4 aromatic carbocycles. The molecular weight excluding hydrogens is 458 g/mol. The van der Waals surface area contributed by atoms with E-state index in [0.29, 0.717) is 11.1 Å². The van der Waals surface area contributed by atoms with Crippen molar-refractivity contribution in [3.63, 3.8) is 0 Å². The number of rotatable bonds is 7. The third kappa shape index (κ3) is 5.55. The minimum Gasteiger partial charge on any atom is -0.458 e. The smallest absolute Gasteiger partial charge is 0.331 e. The molecule has 5 nitrogen and oxygen atoms in total. The Kier molecular flexibility index (Phi) is 7.01. The van der Waals surface area contributed by atoms with Crippen LogP contribution in [0.5, 0.6) is 0 Å². The first-order chi connectivity index (χ1) is 18.2. The second-order valence-electron chi connectivity index (χ2n) is 8.37. The van der Waals surface area contributed by atoms with Crippen LogP contribution in [0.25, 0.3) is 34.1 Å². The third-order valence-electron chi connectivity index (χ3n) is 5.94. The number of carbonyl (C=O) groups excluding carboxylic acids is 1. The van der Waals surface area contributed by atoms with Crippen LogP contribution in [-0.4, -0.2) is 15.7 Å². The number of ether oxygens (including phenoxy) is 1. The summed E-state index contributed by atoms with van der Waals surface area (Å²) in [5.41, 5.74) is 6.81. The van der Waals surface area contributed by atoms with Crippen LogP contribution in [0.15, 0.2) is 121 Å². The molecule has 0 unspecified atom stereocenters. The predicted molar refractivity (Wildman–Crippen MR) is 144 cm³/mol. The minimum absolute atomic E-state index is 0.0317. The first kappa shape index (κ1) is 23.5. The lowest BCUT2D eigenvalue weighted by molar-refractivity contribution is -0.138. The van der Waals surface area contributed by atoms with E-state index in [-0.39, 0.29) is 6.61 Å². The van der Waals surface area contributed by atoms with Crippen LogP contribution in [-0.2, 0) is 16.1 Å². The molecule has 5 rings (SSSR count). The first-order valence-corrected chi connectivity index (χ1v) is 11.8. The molecule has 178 valence electrons. The molecule has 0 N–H and O–H groups in total. The van der Waals surface area contributed by atoms with Crippen molar-refractivity contribution in [3.05, 3.63) is 138 Å². The summed E-state index contributed by atoms with van der Waals surface area (Å²) in [4.78, 5) is 12.5. The Hall–Kier alpha value is -5.21. The number of esters is 1. The van der Waals surface area contributed by atoms with Gasteiger partial charge in [0.15, 0.2) is 0 Å². The van der Waals surface area contributed by atoms with Gasteiger partial charge in [0.1, 0.15) is 6.61 Å². The van der Waals surface area contributed by atoms with Crippen molar-refractivity contribution in [2.45, 2.75) is 6.61 Å². The predicted octanol–water partition coefficient (Wildman–Crippen LogP) is 6.83. The van der Waals surface area contributed by atoms with Gasteiger partial charge in [-0.05, 0) is 35.4 Å². The Labute approximate surface area is 215 Å². The van der Waals surface area contributed by atoms with Gasteiger partial charge in [-0.15, -0.1) is 0 Å². The average Bonchev–Trinajstić information content (AvgIpc) is 3.40. The van der Waals surface area contributed by atoms with E-state index in [0.717, 1.165) is 33.6 Å². The Morgan fingerprint density at radius 1 is 0.811 bits per heavy atom. The Balaban J connectivity index is 1.41. The van der Waals surface area contributed by atoms with Crippen molar-refractivity contribution in [1.82, 2.24) is 9.78 Å². The lowest BCUT2D eigenvalue weighted by Gasteiger charge is -2.05. The molecule has 0 aliphatic heterocycles. The van der Waals surface area contributed by atoms with Gasteiger partial charge in [-0.2, -0.15) is 10.4 Å². The molecule has 0 saturated carbocycles. The van der Waals surface area contributed by atoms with Crippen LogP contribution in [0.2, 0.25) is 0 Å². The molecule has 0 bridgehead atoms. The van der Waals surface area contributed by atoms with Crippen LogP contribution in [0.3, 0.4) is 0 Å². The van der Waals surface area contributed by atoms with Crippen LogP contribution < -0.4 is 0 Å². The van der Waals surface area contributed by atoms with Gasteiger partial charge in [0.05, 0.1) is 23.0 Å². The van der Waals surface area contributed by atoms with Gasteiger partial charge in [-0.3, -0.25) is 0 Å². The van der Waals surface area contributed by atoms with E-state index in [1.165, 1.54) is 6.08 Å². The Morgan fingerprint density at radius 2 is 1.43 bits per heavy atom. The van der Waals surface area contributed by atoms with Crippen LogP contribution in [0.1, 0.15) is 16.7 Å². The molecule has 37 heavy (non-hydrogen) atoms. The largest absolute Gasteiger partial charge is 0.458 e. The highest BCUT2D eigenvalue weighted by Gasteiger charge is 2.12. The molecular formula is C32H23N3O2. The fraction of sp³-hybridized carbons (Fsp3) is 0.0312. The first-order valence-electron chi connectivity index (χ1n) is 11.8. The van der Waals surface area contributed by atoms with E-state index in [4.69, 9.17) is 9.84 Å². The number of nitriles is 1. The normalized spacial score (nSPS) is 10.8. The molecule has 0 radical (unpaired) electrons. The van der Waals surface area contributed by atoms with Gasteiger partial charge in [-0.25, -0.2) is 9.48 Å². The number of nitrogens with zero attached hydrogens (tertiary/aromatic N) is 3. The zero-order valence-electron chi connectivity index (χ0n) is 20.0. The van der Waals surface area contributed by atoms with Crippen molar-refractivity contribution in [2.24, 2.45) is 0 Å². The highest BCUT2D eigenvalue weighted by molar-refractivity contribution is 5.89. The monoisotopic (exact) mass is 481 g/mol. The molecule has 0 aliphatic rings. The standard InChI is InChI=1S/C32H23N3O2/c33-21-27-11-7-8-12-29(27)23-37-31(36)20-19-28-22-35(30-13-5-2-6-14-30)34-32(28)26-17-15-25(16-18-26)24-9-3-1-4-10-24/h1-20,22H,23H2. The molecule has 5 heteroatoms.